The molecule has 156 valence electrons. The summed E-state index contributed by atoms with van der Waals surface area (Å²) in [5.74, 6) is 0.355. The van der Waals surface area contributed by atoms with E-state index in [-0.39, 0.29) is 18.4 Å². The van der Waals surface area contributed by atoms with E-state index in [9.17, 15) is 9.59 Å². The highest BCUT2D eigenvalue weighted by atomic mass is 16.5. The van der Waals surface area contributed by atoms with E-state index < -0.39 is 6.04 Å². The van der Waals surface area contributed by atoms with Crippen LogP contribution in [0.3, 0.4) is 0 Å². The molecular formula is C24H32N2O3. The monoisotopic (exact) mass is 396 g/mol. The van der Waals surface area contributed by atoms with Crippen molar-refractivity contribution in [1.82, 2.24) is 10.2 Å². The summed E-state index contributed by atoms with van der Waals surface area (Å²) in [6.45, 7) is 10.5. The zero-order chi connectivity index (χ0) is 21.4. The highest BCUT2D eigenvalue weighted by Gasteiger charge is 2.28. The quantitative estimate of drug-likeness (QED) is 0.699. The van der Waals surface area contributed by atoms with Gasteiger partial charge in [-0.3, -0.25) is 9.59 Å². The van der Waals surface area contributed by atoms with Crippen molar-refractivity contribution in [3.8, 4) is 5.75 Å². The van der Waals surface area contributed by atoms with Crippen LogP contribution in [0.25, 0.3) is 0 Å². The number of carbonyl (C=O) groups is 2. The first-order valence-electron chi connectivity index (χ1n) is 10.2. The Labute approximate surface area is 174 Å². The lowest BCUT2D eigenvalue weighted by molar-refractivity contribution is -0.142. The molecule has 0 spiro atoms. The van der Waals surface area contributed by atoms with Crippen LogP contribution in [0, 0.1) is 20.8 Å². The highest BCUT2D eigenvalue weighted by Crippen LogP contribution is 2.20. The van der Waals surface area contributed by atoms with Gasteiger partial charge in [-0.25, -0.2) is 0 Å². The van der Waals surface area contributed by atoms with Crippen molar-refractivity contribution in [2.24, 2.45) is 0 Å². The van der Waals surface area contributed by atoms with Crippen molar-refractivity contribution in [2.45, 2.75) is 53.6 Å². The maximum Gasteiger partial charge on any atom is 0.261 e. The van der Waals surface area contributed by atoms with Crippen LogP contribution in [0.1, 0.15) is 42.5 Å². The number of carbonyl (C=O) groups excluding carboxylic acids is 2. The molecule has 0 aliphatic carbocycles. The second kappa shape index (κ2) is 10.6. The molecule has 1 N–H and O–H groups in total. The van der Waals surface area contributed by atoms with E-state index in [2.05, 4.69) is 5.32 Å². The molecule has 0 saturated carbocycles. The molecule has 2 amide bonds. The predicted molar refractivity (Wildman–Crippen MR) is 116 cm³/mol. The van der Waals surface area contributed by atoms with Gasteiger partial charge in [-0.05, 0) is 56.9 Å². The summed E-state index contributed by atoms with van der Waals surface area (Å²) >= 11 is 0. The van der Waals surface area contributed by atoms with Crippen LogP contribution in [0.2, 0.25) is 0 Å². The van der Waals surface area contributed by atoms with Crippen molar-refractivity contribution in [2.75, 3.05) is 13.2 Å². The molecular weight excluding hydrogens is 364 g/mol. The lowest BCUT2D eigenvalue weighted by atomic mass is 10.1. The van der Waals surface area contributed by atoms with Gasteiger partial charge in [0.15, 0.2) is 6.61 Å². The van der Waals surface area contributed by atoms with E-state index in [0.717, 1.165) is 22.3 Å². The van der Waals surface area contributed by atoms with Crippen molar-refractivity contribution in [3.05, 3.63) is 64.7 Å². The van der Waals surface area contributed by atoms with E-state index in [1.165, 1.54) is 0 Å². The summed E-state index contributed by atoms with van der Waals surface area (Å²) in [6, 6.07) is 13.4. The minimum absolute atomic E-state index is 0.105. The molecule has 2 aromatic carbocycles. The largest absolute Gasteiger partial charge is 0.483 e. The summed E-state index contributed by atoms with van der Waals surface area (Å²) in [5, 5.41) is 2.85. The van der Waals surface area contributed by atoms with Crippen LogP contribution in [-0.2, 0) is 16.1 Å². The lowest BCUT2D eigenvalue weighted by Gasteiger charge is -2.30. The molecule has 29 heavy (non-hydrogen) atoms. The third-order valence-corrected chi connectivity index (χ3v) is 4.87. The third-order valence-electron chi connectivity index (χ3n) is 4.87. The standard InChI is InChI=1S/C24H32N2O3/c1-6-21(24(28)25-7-2)26(15-20-10-8-9-17(3)13-20)23(27)16-29-22-14-18(4)11-12-19(22)5/h8-14,21H,6-7,15-16H2,1-5H3,(H,25,28)/t21-/m1/s1. The summed E-state index contributed by atoms with van der Waals surface area (Å²) < 4.78 is 5.83. The van der Waals surface area contributed by atoms with Crippen LogP contribution >= 0.6 is 0 Å². The number of amides is 2. The van der Waals surface area contributed by atoms with Gasteiger partial charge in [0.25, 0.3) is 5.91 Å². The first-order chi connectivity index (χ1) is 13.8. The van der Waals surface area contributed by atoms with E-state index in [1.54, 1.807) is 4.90 Å². The van der Waals surface area contributed by atoms with Gasteiger partial charge in [0.1, 0.15) is 11.8 Å². The molecule has 0 saturated heterocycles. The average Bonchev–Trinajstić information content (AvgIpc) is 2.68. The Hall–Kier alpha value is -2.82. The van der Waals surface area contributed by atoms with Gasteiger partial charge < -0.3 is 15.0 Å². The van der Waals surface area contributed by atoms with E-state index in [1.807, 2.05) is 77.1 Å². The van der Waals surface area contributed by atoms with Crippen LogP contribution < -0.4 is 10.1 Å². The number of hydrogen-bond donors (Lipinski definition) is 1. The second-order valence-corrected chi connectivity index (χ2v) is 7.39. The number of likely N-dealkylation sites (N-methyl/N-ethyl adjacent to an activating group) is 1. The SMILES string of the molecule is CCNC(=O)[C@@H](CC)N(Cc1cccc(C)c1)C(=O)COc1cc(C)ccc1C. The number of rotatable bonds is 9. The second-order valence-electron chi connectivity index (χ2n) is 7.39. The molecule has 5 nitrogen and oxygen atoms in total. The molecule has 0 fully saturated rings. The lowest BCUT2D eigenvalue weighted by Crippen LogP contribution is -2.50. The highest BCUT2D eigenvalue weighted by molar-refractivity contribution is 5.88. The predicted octanol–water partition coefficient (Wildman–Crippen LogP) is 3.93. The van der Waals surface area contributed by atoms with E-state index in [0.29, 0.717) is 25.3 Å². The molecule has 0 aliphatic rings. The molecule has 2 aromatic rings. The maximum absolute atomic E-state index is 13.1. The van der Waals surface area contributed by atoms with Gasteiger partial charge in [-0.2, -0.15) is 0 Å². The Morgan fingerprint density at radius 3 is 2.41 bits per heavy atom. The van der Waals surface area contributed by atoms with Gasteiger partial charge in [0.2, 0.25) is 5.91 Å². The Morgan fingerprint density at radius 2 is 1.76 bits per heavy atom. The Balaban J connectivity index is 2.23. The van der Waals surface area contributed by atoms with Crippen molar-refractivity contribution in [1.29, 1.82) is 0 Å². The van der Waals surface area contributed by atoms with E-state index in [4.69, 9.17) is 4.74 Å². The van der Waals surface area contributed by atoms with Crippen LogP contribution in [0.15, 0.2) is 42.5 Å². The molecule has 0 aliphatic heterocycles. The number of nitrogens with one attached hydrogen (secondary N) is 1. The Kier molecular flexibility index (Phi) is 8.25. The average molecular weight is 397 g/mol. The molecule has 0 unspecified atom stereocenters. The topological polar surface area (TPSA) is 58.6 Å². The molecule has 0 bridgehead atoms. The van der Waals surface area contributed by atoms with Crippen LogP contribution in [-0.4, -0.2) is 35.9 Å². The smallest absolute Gasteiger partial charge is 0.261 e. The zero-order valence-electron chi connectivity index (χ0n) is 18.1. The molecule has 0 aromatic heterocycles. The number of aryl methyl sites for hydroxylation is 3. The zero-order valence-corrected chi connectivity index (χ0v) is 18.1. The first kappa shape index (κ1) is 22.5. The first-order valence-corrected chi connectivity index (χ1v) is 10.2. The van der Waals surface area contributed by atoms with Crippen molar-refractivity contribution >= 4 is 11.8 Å². The molecule has 2 rings (SSSR count). The van der Waals surface area contributed by atoms with Crippen LogP contribution in [0.4, 0.5) is 0 Å². The molecule has 5 heteroatoms. The molecule has 1 atom stereocenters. The maximum atomic E-state index is 13.1. The third kappa shape index (κ3) is 6.34. The molecule has 0 radical (unpaired) electrons. The summed E-state index contributed by atoms with van der Waals surface area (Å²) in [7, 11) is 0. The summed E-state index contributed by atoms with van der Waals surface area (Å²) in [4.78, 5) is 27.4. The van der Waals surface area contributed by atoms with Crippen molar-refractivity contribution in [3.63, 3.8) is 0 Å². The van der Waals surface area contributed by atoms with Crippen LogP contribution in [0.5, 0.6) is 5.75 Å². The minimum atomic E-state index is -0.537. The van der Waals surface area contributed by atoms with Gasteiger partial charge in [0.05, 0.1) is 0 Å². The fourth-order valence-corrected chi connectivity index (χ4v) is 3.30. The summed E-state index contributed by atoms with van der Waals surface area (Å²) in [6.07, 6.45) is 0.535. The normalized spacial score (nSPS) is 11.6. The van der Waals surface area contributed by atoms with Gasteiger partial charge in [-0.1, -0.05) is 48.9 Å². The Bertz CT molecular complexity index is 848. The minimum Gasteiger partial charge on any atom is -0.483 e. The molecule has 0 heterocycles. The van der Waals surface area contributed by atoms with E-state index >= 15 is 0 Å². The fourth-order valence-electron chi connectivity index (χ4n) is 3.30. The number of hydrogen-bond acceptors (Lipinski definition) is 3. The van der Waals surface area contributed by atoms with Crippen molar-refractivity contribution < 1.29 is 14.3 Å². The number of benzene rings is 2. The fraction of sp³-hybridized carbons (Fsp3) is 0.417. The summed E-state index contributed by atoms with van der Waals surface area (Å²) in [5.41, 5.74) is 4.16. The Morgan fingerprint density at radius 1 is 1.03 bits per heavy atom. The van der Waals surface area contributed by atoms with Gasteiger partial charge in [-0.15, -0.1) is 0 Å². The van der Waals surface area contributed by atoms with Gasteiger partial charge >= 0.3 is 0 Å². The number of ether oxygens (including phenoxy) is 1. The number of nitrogens with zero attached hydrogens (tertiary/aromatic N) is 1. The van der Waals surface area contributed by atoms with Gasteiger partial charge in [0, 0.05) is 13.1 Å².